The van der Waals surface area contributed by atoms with Gasteiger partial charge in [0, 0.05) is 17.4 Å². The van der Waals surface area contributed by atoms with Crippen LogP contribution in [0.1, 0.15) is 38.7 Å². The summed E-state index contributed by atoms with van der Waals surface area (Å²) in [6.45, 7) is 5.97. The van der Waals surface area contributed by atoms with Crippen LogP contribution in [0, 0.1) is 5.82 Å². The van der Waals surface area contributed by atoms with Gasteiger partial charge in [0.05, 0.1) is 22.7 Å². The average molecular weight is 527 g/mol. The molecule has 0 bridgehead atoms. The van der Waals surface area contributed by atoms with Crippen LogP contribution in [-0.4, -0.2) is 42.1 Å². The van der Waals surface area contributed by atoms with Crippen LogP contribution in [0.5, 0.6) is 0 Å². The Morgan fingerprint density at radius 2 is 1.87 bits per heavy atom. The Balaban J connectivity index is 1.65. The Labute approximate surface area is 200 Å². The van der Waals surface area contributed by atoms with E-state index in [0.29, 0.717) is 22.7 Å². The van der Waals surface area contributed by atoms with Gasteiger partial charge in [-0.15, -0.1) is 0 Å². The lowest BCUT2D eigenvalue weighted by Crippen LogP contribution is -2.52. The lowest BCUT2D eigenvalue weighted by atomic mass is 9.98. The molecule has 0 amide bonds. The Bertz CT molecular complexity index is 941. The highest BCUT2D eigenvalue weighted by atomic mass is 79.9. The fourth-order valence-electron chi connectivity index (χ4n) is 4.52. The van der Waals surface area contributed by atoms with Crippen LogP contribution >= 0.6 is 27.9 Å². The SMILES string of the molecule is CN(C)SC(C)(C)c1ccc([S+]([O-])N2CC3CCCCN3c3cc(Br)c(F)cc32)cc1. The van der Waals surface area contributed by atoms with Gasteiger partial charge in [-0.05, 0) is 86.9 Å². The van der Waals surface area contributed by atoms with Crippen molar-refractivity contribution in [3.8, 4) is 0 Å². The highest BCUT2D eigenvalue weighted by Crippen LogP contribution is 2.44. The summed E-state index contributed by atoms with van der Waals surface area (Å²) in [6.07, 6.45) is 3.37. The minimum atomic E-state index is -1.40. The number of benzene rings is 2. The maximum Gasteiger partial charge on any atom is 0.180 e. The highest BCUT2D eigenvalue weighted by Gasteiger charge is 2.39. The lowest BCUT2D eigenvalue weighted by Gasteiger charge is -2.45. The molecule has 2 aliphatic rings. The molecule has 2 aromatic carbocycles. The van der Waals surface area contributed by atoms with Crippen LogP contribution < -0.4 is 9.21 Å². The Kier molecular flexibility index (Phi) is 6.85. The van der Waals surface area contributed by atoms with Gasteiger partial charge in [0.25, 0.3) is 0 Å². The monoisotopic (exact) mass is 525 g/mol. The molecule has 0 saturated carbocycles. The van der Waals surface area contributed by atoms with Gasteiger partial charge in [0.2, 0.25) is 0 Å². The fourth-order valence-corrected chi connectivity index (χ4v) is 7.26. The number of fused-ring (bicyclic) bond motifs is 3. The molecule has 0 N–H and O–H groups in total. The van der Waals surface area contributed by atoms with Gasteiger partial charge in [-0.2, -0.15) is 4.31 Å². The van der Waals surface area contributed by atoms with E-state index in [0.717, 1.165) is 30.0 Å². The van der Waals surface area contributed by atoms with Gasteiger partial charge in [-0.1, -0.05) is 24.1 Å². The third-order valence-electron chi connectivity index (χ3n) is 5.96. The number of rotatable bonds is 5. The molecule has 2 aromatic rings. The van der Waals surface area contributed by atoms with E-state index in [-0.39, 0.29) is 10.6 Å². The molecule has 2 unspecified atom stereocenters. The highest BCUT2D eigenvalue weighted by molar-refractivity contribution is 9.10. The van der Waals surface area contributed by atoms with Gasteiger partial charge >= 0.3 is 0 Å². The van der Waals surface area contributed by atoms with E-state index in [2.05, 4.69) is 51.1 Å². The minimum absolute atomic E-state index is 0.0841. The van der Waals surface area contributed by atoms with Crippen LogP contribution in [0.2, 0.25) is 0 Å². The molecule has 31 heavy (non-hydrogen) atoms. The van der Waals surface area contributed by atoms with Crippen molar-refractivity contribution in [2.45, 2.75) is 48.8 Å². The molecular weight excluding hydrogens is 497 g/mol. The second-order valence-corrected chi connectivity index (χ2v) is 13.0. The van der Waals surface area contributed by atoms with E-state index < -0.39 is 11.4 Å². The van der Waals surface area contributed by atoms with Gasteiger partial charge in [0.15, 0.2) is 4.90 Å². The van der Waals surface area contributed by atoms with Crippen LogP contribution in [0.25, 0.3) is 0 Å². The molecule has 4 rings (SSSR count). The summed E-state index contributed by atoms with van der Waals surface area (Å²) in [6, 6.07) is 11.7. The summed E-state index contributed by atoms with van der Waals surface area (Å²) in [5.74, 6) is -0.325. The predicted molar refractivity (Wildman–Crippen MR) is 134 cm³/mol. The first kappa shape index (κ1) is 23.2. The van der Waals surface area contributed by atoms with E-state index in [9.17, 15) is 8.94 Å². The average Bonchev–Trinajstić information content (AvgIpc) is 2.73. The maximum absolute atomic E-state index is 14.5. The van der Waals surface area contributed by atoms with Crippen LogP contribution in [-0.2, 0) is 16.1 Å². The summed E-state index contributed by atoms with van der Waals surface area (Å²) >= 11 is 3.69. The number of piperidine rings is 1. The number of halogens is 2. The summed E-state index contributed by atoms with van der Waals surface area (Å²) in [5.41, 5.74) is 2.86. The first-order valence-electron chi connectivity index (χ1n) is 10.6. The molecule has 1 saturated heterocycles. The number of hydrogen-bond acceptors (Lipinski definition) is 5. The number of nitrogens with zero attached hydrogens (tertiary/aromatic N) is 3. The molecule has 0 aliphatic carbocycles. The summed E-state index contributed by atoms with van der Waals surface area (Å²) in [4.78, 5) is 3.11. The third-order valence-corrected chi connectivity index (χ3v) is 9.05. The maximum atomic E-state index is 14.5. The predicted octanol–water partition coefficient (Wildman–Crippen LogP) is 5.93. The standard InChI is InChI=1S/C23H29BrFN3OS2/c1-23(2,30-26(3)4)16-8-10-18(11-9-16)31(29)28-15-17-7-5-6-12-27(17)21-13-19(24)20(25)14-22(21)28/h8-11,13-14,17H,5-7,12,15H2,1-4H3. The Morgan fingerprint density at radius 3 is 2.55 bits per heavy atom. The molecule has 2 aliphatic heterocycles. The van der Waals surface area contributed by atoms with Gasteiger partial charge in [-0.3, -0.25) is 4.31 Å². The fraction of sp³-hybridized carbons (Fsp3) is 0.478. The Hall–Kier alpha value is -0.930. The van der Waals surface area contributed by atoms with Gasteiger partial charge in [-0.25, -0.2) is 4.39 Å². The number of hydrogen-bond donors (Lipinski definition) is 0. The van der Waals surface area contributed by atoms with Crippen molar-refractivity contribution in [1.82, 2.24) is 4.31 Å². The first-order chi connectivity index (χ1) is 14.7. The minimum Gasteiger partial charge on any atom is -0.588 e. The van der Waals surface area contributed by atoms with Gasteiger partial charge in [0.1, 0.15) is 22.9 Å². The van der Waals surface area contributed by atoms with Crippen molar-refractivity contribution in [3.63, 3.8) is 0 Å². The summed E-state index contributed by atoms with van der Waals surface area (Å²) in [5, 5.41) is 0. The van der Waals surface area contributed by atoms with E-state index in [1.54, 1.807) is 11.9 Å². The smallest absolute Gasteiger partial charge is 0.180 e. The zero-order chi connectivity index (χ0) is 22.3. The van der Waals surface area contributed by atoms with Crippen molar-refractivity contribution in [1.29, 1.82) is 0 Å². The molecule has 2 atom stereocenters. The largest absolute Gasteiger partial charge is 0.588 e. The van der Waals surface area contributed by atoms with E-state index in [4.69, 9.17) is 0 Å². The second-order valence-electron chi connectivity index (χ2n) is 8.85. The van der Waals surface area contributed by atoms with Crippen molar-refractivity contribution < 1.29 is 8.94 Å². The molecule has 1 fully saturated rings. The molecule has 2 heterocycles. The molecule has 0 radical (unpaired) electrons. The summed E-state index contributed by atoms with van der Waals surface area (Å²) in [7, 11) is 4.07. The first-order valence-corrected chi connectivity index (χ1v) is 13.3. The zero-order valence-corrected chi connectivity index (χ0v) is 21.6. The van der Waals surface area contributed by atoms with Crippen LogP contribution in [0.4, 0.5) is 15.8 Å². The topological polar surface area (TPSA) is 32.8 Å². The van der Waals surface area contributed by atoms with Crippen LogP contribution in [0.3, 0.4) is 0 Å². The molecular formula is C23H29BrFN3OS2. The normalized spacial score (nSPS) is 19.9. The van der Waals surface area contributed by atoms with Crippen LogP contribution in [0.15, 0.2) is 45.8 Å². The van der Waals surface area contributed by atoms with E-state index in [1.165, 1.54) is 18.1 Å². The second kappa shape index (κ2) is 9.14. The zero-order valence-electron chi connectivity index (χ0n) is 18.4. The molecule has 8 heteroatoms. The van der Waals surface area contributed by atoms with Crippen molar-refractivity contribution >= 4 is 50.6 Å². The molecule has 0 spiro atoms. The quantitative estimate of drug-likeness (QED) is 0.356. The summed E-state index contributed by atoms with van der Waals surface area (Å²) < 4.78 is 32.4. The molecule has 168 valence electrons. The number of anilines is 2. The van der Waals surface area contributed by atoms with Gasteiger partial charge < -0.3 is 9.45 Å². The van der Waals surface area contributed by atoms with Crippen molar-refractivity contribution in [2.75, 3.05) is 36.4 Å². The van der Waals surface area contributed by atoms with Crippen molar-refractivity contribution in [2.24, 2.45) is 0 Å². The molecule has 0 aromatic heterocycles. The lowest BCUT2D eigenvalue weighted by molar-refractivity contribution is 0.453. The van der Waals surface area contributed by atoms with E-state index in [1.807, 2.05) is 36.6 Å². The molecule has 4 nitrogen and oxygen atoms in total. The third kappa shape index (κ3) is 4.74. The Morgan fingerprint density at radius 1 is 1.16 bits per heavy atom. The van der Waals surface area contributed by atoms with E-state index >= 15 is 0 Å². The van der Waals surface area contributed by atoms with Crippen molar-refractivity contribution in [3.05, 3.63) is 52.3 Å².